The molecule has 3 rings (SSSR count). The predicted molar refractivity (Wildman–Crippen MR) is 78.3 cm³/mol. The zero-order valence-corrected chi connectivity index (χ0v) is 11.6. The predicted octanol–water partition coefficient (Wildman–Crippen LogP) is 3.88. The molecule has 0 heterocycles. The fourth-order valence-electron chi connectivity index (χ4n) is 3.32. The monoisotopic (exact) mass is 252 g/mol. The molecule has 1 aliphatic rings. The second-order valence-electron chi connectivity index (χ2n) is 5.75. The highest BCUT2D eigenvalue weighted by Gasteiger charge is 2.35. The maximum Gasteiger partial charge on any atom is 0.115 e. The van der Waals surface area contributed by atoms with E-state index in [0.717, 1.165) is 30.4 Å². The largest absolute Gasteiger partial charge is 0.380 e. The standard InChI is InChI=1S/C18H20O/c1-13-10-14(2)12-16(11-13)18(19)9-5-7-15-6-3-4-8-17(15)18/h3-4,6,8,10-12,19H,5,7,9H2,1-2H3. The Morgan fingerprint density at radius 1 is 1.00 bits per heavy atom. The number of fused-ring (bicyclic) bond motifs is 1. The van der Waals surface area contributed by atoms with Gasteiger partial charge in [-0.1, -0.05) is 53.6 Å². The van der Waals surface area contributed by atoms with Crippen LogP contribution in [0.4, 0.5) is 0 Å². The van der Waals surface area contributed by atoms with E-state index in [1.807, 2.05) is 6.07 Å². The summed E-state index contributed by atoms with van der Waals surface area (Å²) in [5, 5.41) is 11.2. The summed E-state index contributed by atoms with van der Waals surface area (Å²) in [7, 11) is 0. The molecule has 1 nitrogen and oxygen atoms in total. The summed E-state index contributed by atoms with van der Waals surface area (Å²) in [4.78, 5) is 0. The lowest BCUT2D eigenvalue weighted by atomic mass is 9.74. The molecule has 0 spiro atoms. The number of hydrogen-bond donors (Lipinski definition) is 1. The van der Waals surface area contributed by atoms with Crippen molar-refractivity contribution in [2.24, 2.45) is 0 Å². The van der Waals surface area contributed by atoms with Crippen molar-refractivity contribution in [1.82, 2.24) is 0 Å². The van der Waals surface area contributed by atoms with Gasteiger partial charge >= 0.3 is 0 Å². The molecule has 2 aromatic rings. The summed E-state index contributed by atoms with van der Waals surface area (Å²) < 4.78 is 0. The third-order valence-electron chi connectivity index (χ3n) is 4.15. The van der Waals surface area contributed by atoms with E-state index >= 15 is 0 Å². The summed E-state index contributed by atoms with van der Waals surface area (Å²) in [6, 6.07) is 14.7. The normalized spacial score (nSPS) is 22.1. The maximum atomic E-state index is 11.2. The first-order valence-corrected chi connectivity index (χ1v) is 6.99. The molecular weight excluding hydrogens is 232 g/mol. The van der Waals surface area contributed by atoms with Crippen LogP contribution in [-0.2, 0) is 12.0 Å². The summed E-state index contributed by atoms with van der Waals surface area (Å²) >= 11 is 0. The molecule has 0 radical (unpaired) electrons. The number of aliphatic hydroxyl groups is 1. The molecule has 1 aliphatic carbocycles. The van der Waals surface area contributed by atoms with Crippen molar-refractivity contribution >= 4 is 0 Å². The van der Waals surface area contributed by atoms with Crippen molar-refractivity contribution in [3.8, 4) is 0 Å². The van der Waals surface area contributed by atoms with Crippen LogP contribution in [0, 0.1) is 13.8 Å². The van der Waals surface area contributed by atoms with Crippen molar-refractivity contribution < 1.29 is 5.11 Å². The van der Waals surface area contributed by atoms with E-state index in [9.17, 15) is 5.11 Å². The SMILES string of the molecule is Cc1cc(C)cc(C2(O)CCCc3ccccc32)c1. The first-order chi connectivity index (χ1) is 9.09. The molecule has 0 amide bonds. The molecule has 0 saturated carbocycles. The first kappa shape index (κ1) is 12.4. The zero-order chi connectivity index (χ0) is 13.5. The van der Waals surface area contributed by atoms with Crippen LogP contribution in [-0.4, -0.2) is 5.11 Å². The quantitative estimate of drug-likeness (QED) is 0.816. The van der Waals surface area contributed by atoms with E-state index in [4.69, 9.17) is 0 Å². The molecule has 0 saturated heterocycles. The van der Waals surface area contributed by atoms with E-state index in [1.165, 1.54) is 16.7 Å². The first-order valence-electron chi connectivity index (χ1n) is 6.99. The highest BCUT2D eigenvalue weighted by atomic mass is 16.3. The lowest BCUT2D eigenvalue weighted by Gasteiger charge is -2.35. The van der Waals surface area contributed by atoms with Gasteiger partial charge in [0.05, 0.1) is 0 Å². The summed E-state index contributed by atoms with van der Waals surface area (Å²) in [6.07, 6.45) is 2.93. The number of hydrogen-bond acceptors (Lipinski definition) is 1. The van der Waals surface area contributed by atoms with Gasteiger partial charge in [-0.25, -0.2) is 0 Å². The number of benzene rings is 2. The van der Waals surface area contributed by atoms with Gasteiger partial charge < -0.3 is 5.11 Å². The molecular formula is C18H20O. The Hall–Kier alpha value is -1.60. The molecule has 1 atom stereocenters. The minimum atomic E-state index is -0.814. The van der Waals surface area contributed by atoms with Crippen LogP contribution in [0.3, 0.4) is 0 Å². The van der Waals surface area contributed by atoms with Crippen molar-refractivity contribution in [2.75, 3.05) is 0 Å². The average Bonchev–Trinajstić information content (AvgIpc) is 2.38. The Morgan fingerprint density at radius 2 is 1.68 bits per heavy atom. The number of aryl methyl sites for hydroxylation is 3. The fourth-order valence-corrected chi connectivity index (χ4v) is 3.32. The van der Waals surface area contributed by atoms with Gasteiger partial charge in [0.1, 0.15) is 5.60 Å². The molecule has 0 bridgehead atoms. The Balaban J connectivity index is 2.18. The summed E-state index contributed by atoms with van der Waals surface area (Å²) in [6.45, 7) is 4.18. The molecule has 0 aromatic heterocycles. The molecule has 0 aliphatic heterocycles. The van der Waals surface area contributed by atoms with E-state index in [2.05, 4.69) is 50.2 Å². The molecule has 98 valence electrons. The Labute approximate surface area is 114 Å². The van der Waals surface area contributed by atoms with E-state index in [-0.39, 0.29) is 0 Å². The third-order valence-corrected chi connectivity index (χ3v) is 4.15. The number of rotatable bonds is 1. The van der Waals surface area contributed by atoms with Crippen molar-refractivity contribution in [2.45, 2.75) is 38.7 Å². The average molecular weight is 252 g/mol. The summed E-state index contributed by atoms with van der Waals surface area (Å²) in [5.41, 5.74) is 5.03. The van der Waals surface area contributed by atoms with Gasteiger partial charge in [0.25, 0.3) is 0 Å². The maximum absolute atomic E-state index is 11.2. The highest BCUT2D eigenvalue weighted by molar-refractivity contribution is 5.45. The lowest BCUT2D eigenvalue weighted by molar-refractivity contribution is 0.0615. The van der Waals surface area contributed by atoms with Gasteiger partial charge in [-0.3, -0.25) is 0 Å². The smallest absolute Gasteiger partial charge is 0.115 e. The molecule has 1 heteroatoms. The Kier molecular flexibility index (Phi) is 2.94. The highest BCUT2D eigenvalue weighted by Crippen LogP contribution is 2.40. The zero-order valence-electron chi connectivity index (χ0n) is 11.6. The summed E-state index contributed by atoms with van der Waals surface area (Å²) in [5.74, 6) is 0. The molecule has 1 unspecified atom stereocenters. The van der Waals surface area contributed by atoms with E-state index in [0.29, 0.717) is 0 Å². The van der Waals surface area contributed by atoms with Crippen molar-refractivity contribution in [3.63, 3.8) is 0 Å². The molecule has 19 heavy (non-hydrogen) atoms. The van der Waals surface area contributed by atoms with Crippen LogP contribution in [0.2, 0.25) is 0 Å². The van der Waals surface area contributed by atoms with Crippen molar-refractivity contribution in [3.05, 3.63) is 70.3 Å². The Bertz CT molecular complexity index is 595. The fraction of sp³-hybridized carbons (Fsp3) is 0.333. The van der Waals surface area contributed by atoms with Crippen LogP contribution >= 0.6 is 0 Å². The third kappa shape index (κ3) is 2.08. The minimum absolute atomic E-state index is 0.812. The Morgan fingerprint density at radius 3 is 2.42 bits per heavy atom. The second-order valence-corrected chi connectivity index (χ2v) is 5.75. The lowest BCUT2D eigenvalue weighted by Crippen LogP contribution is -2.32. The van der Waals surface area contributed by atoms with Gasteiger partial charge in [0.2, 0.25) is 0 Å². The topological polar surface area (TPSA) is 20.2 Å². The van der Waals surface area contributed by atoms with Crippen LogP contribution in [0.25, 0.3) is 0 Å². The van der Waals surface area contributed by atoms with E-state index < -0.39 is 5.60 Å². The van der Waals surface area contributed by atoms with Crippen molar-refractivity contribution in [1.29, 1.82) is 0 Å². The second kappa shape index (κ2) is 4.50. The van der Waals surface area contributed by atoms with Crippen LogP contribution in [0.15, 0.2) is 42.5 Å². The van der Waals surface area contributed by atoms with Crippen LogP contribution in [0.5, 0.6) is 0 Å². The van der Waals surface area contributed by atoms with Gasteiger partial charge in [-0.15, -0.1) is 0 Å². The minimum Gasteiger partial charge on any atom is -0.380 e. The molecule has 0 fully saturated rings. The van der Waals surface area contributed by atoms with Gasteiger partial charge in [-0.2, -0.15) is 0 Å². The molecule has 2 aromatic carbocycles. The van der Waals surface area contributed by atoms with E-state index in [1.54, 1.807) is 0 Å². The van der Waals surface area contributed by atoms with Gasteiger partial charge in [0, 0.05) is 0 Å². The van der Waals surface area contributed by atoms with Gasteiger partial charge in [0.15, 0.2) is 0 Å². The van der Waals surface area contributed by atoms with Crippen LogP contribution < -0.4 is 0 Å². The van der Waals surface area contributed by atoms with Crippen LogP contribution in [0.1, 0.15) is 40.7 Å². The van der Waals surface area contributed by atoms with Gasteiger partial charge in [-0.05, 0) is 49.8 Å². The molecule has 1 N–H and O–H groups in total.